The summed E-state index contributed by atoms with van der Waals surface area (Å²) in [6.45, 7) is 3.70. The Morgan fingerprint density at radius 2 is 1.89 bits per heavy atom. The van der Waals surface area contributed by atoms with E-state index in [1.165, 1.54) is 0 Å². The van der Waals surface area contributed by atoms with Gasteiger partial charge in [0.05, 0.1) is 19.3 Å². The average Bonchev–Trinajstić information content (AvgIpc) is 3.02. The third kappa shape index (κ3) is 5.62. The van der Waals surface area contributed by atoms with Crippen LogP contribution in [0.1, 0.15) is 12.0 Å². The van der Waals surface area contributed by atoms with Gasteiger partial charge in [-0.15, -0.1) is 0 Å². The number of carbonyl (C=O) groups is 2. The summed E-state index contributed by atoms with van der Waals surface area (Å²) in [6, 6.07) is 7.49. The fourth-order valence-electron chi connectivity index (χ4n) is 3.32. The van der Waals surface area contributed by atoms with Crippen molar-refractivity contribution in [2.45, 2.75) is 31.6 Å². The molecular weight excluding hydrogens is 380 g/mol. The van der Waals surface area contributed by atoms with Crippen LogP contribution < -0.4 is 10.1 Å². The number of nitrogens with one attached hydrogen (secondary N) is 1. The molecule has 0 saturated carbocycles. The number of aryl methyl sites for hydroxylation is 1. The number of hydrogen-bond donors (Lipinski definition) is 1. The second-order valence-corrected chi connectivity index (χ2v) is 8.09. The van der Waals surface area contributed by atoms with E-state index in [0.29, 0.717) is 32.7 Å². The van der Waals surface area contributed by atoms with Gasteiger partial charge in [-0.05, 0) is 24.8 Å². The molecule has 0 aromatic heterocycles. The van der Waals surface area contributed by atoms with Crippen molar-refractivity contribution >= 4 is 23.6 Å². The molecule has 0 bridgehead atoms. The van der Waals surface area contributed by atoms with E-state index in [4.69, 9.17) is 14.2 Å². The highest BCUT2D eigenvalue weighted by Gasteiger charge is 2.39. The van der Waals surface area contributed by atoms with E-state index in [2.05, 4.69) is 5.32 Å². The maximum atomic E-state index is 12.5. The maximum Gasteiger partial charge on any atom is 0.260 e. The number of amides is 2. The van der Waals surface area contributed by atoms with Gasteiger partial charge in [-0.1, -0.05) is 18.2 Å². The summed E-state index contributed by atoms with van der Waals surface area (Å²) >= 11 is 1.64. The van der Waals surface area contributed by atoms with Crippen LogP contribution in [0.5, 0.6) is 5.75 Å². The minimum Gasteiger partial charge on any atom is -0.484 e. The minimum absolute atomic E-state index is 0.00157. The van der Waals surface area contributed by atoms with Crippen molar-refractivity contribution in [2.24, 2.45) is 0 Å². The number of nitrogens with zero attached hydrogens (tertiary/aromatic N) is 1. The fourth-order valence-corrected chi connectivity index (χ4v) is 3.71. The first-order valence-corrected chi connectivity index (χ1v) is 10.9. The SMILES string of the molecule is CSCCC(=O)NC1CO[C@H]2CN(C(=O)COc3ccccc3C)C[C@@H]2OC1. The van der Waals surface area contributed by atoms with E-state index < -0.39 is 0 Å². The molecule has 0 spiro atoms. The van der Waals surface area contributed by atoms with Crippen LogP contribution in [0, 0.1) is 6.92 Å². The molecule has 154 valence electrons. The predicted molar refractivity (Wildman–Crippen MR) is 108 cm³/mol. The van der Waals surface area contributed by atoms with Crippen molar-refractivity contribution in [1.82, 2.24) is 10.2 Å². The lowest BCUT2D eigenvalue weighted by molar-refractivity contribution is -0.133. The van der Waals surface area contributed by atoms with E-state index in [9.17, 15) is 9.59 Å². The molecule has 2 heterocycles. The highest BCUT2D eigenvalue weighted by atomic mass is 32.2. The Kier molecular flexibility index (Phi) is 7.58. The Morgan fingerprint density at radius 3 is 2.54 bits per heavy atom. The van der Waals surface area contributed by atoms with Crippen LogP contribution in [0.25, 0.3) is 0 Å². The number of benzene rings is 1. The van der Waals surface area contributed by atoms with E-state index in [1.807, 2.05) is 37.4 Å². The molecule has 1 N–H and O–H groups in total. The van der Waals surface area contributed by atoms with Crippen LogP contribution in [0.15, 0.2) is 24.3 Å². The lowest BCUT2D eigenvalue weighted by Crippen LogP contribution is -2.41. The molecule has 28 heavy (non-hydrogen) atoms. The Hall–Kier alpha value is -1.77. The summed E-state index contributed by atoms with van der Waals surface area (Å²) in [5, 5.41) is 2.96. The van der Waals surface area contributed by atoms with Gasteiger partial charge in [0.2, 0.25) is 5.91 Å². The van der Waals surface area contributed by atoms with Crippen molar-refractivity contribution in [3.8, 4) is 5.75 Å². The summed E-state index contributed by atoms with van der Waals surface area (Å²) in [4.78, 5) is 26.1. The Bertz CT molecular complexity index is 670. The van der Waals surface area contributed by atoms with Gasteiger partial charge in [0.15, 0.2) is 6.61 Å². The highest BCUT2D eigenvalue weighted by molar-refractivity contribution is 7.98. The summed E-state index contributed by atoms with van der Waals surface area (Å²) in [5.74, 6) is 1.46. The maximum absolute atomic E-state index is 12.5. The first-order chi connectivity index (χ1) is 13.6. The first-order valence-electron chi connectivity index (χ1n) is 9.54. The van der Waals surface area contributed by atoms with E-state index >= 15 is 0 Å². The van der Waals surface area contributed by atoms with Gasteiger partial charge < -0.3 is 24.4 Å². The quantitative estimate of drug-likeness (QED) is 0.732. The molecule has 2 fully saturated rings. The molecule has 2 atom stereocenters. The predicted octanol–water partition coefficient (Wildman–Crippen LogP) is 1.24. The van der Waals surface area contributed by atoms with Gasteiger partial charge in [-0.3, -0.25) is 9.59 Å². The van der Waals surface area contributed by atoms with Gasteiger partial charge in [-0.2, -0.15) is 11.8 Å². The standard InChI is InChI=1S/C20H28N2O5S/c1-14-5-3-4-6-16(14)27-13-20(24)22-9-17-18(10-22)26-12-15(11-25-17)21-19(23)7-8-28-2/h3-6,15,17-18H,7-13H2,1-2H3,(H,21,23)/t17-,18-/m0/s1. The number of thioether (sulfide) groups is 1. The van der Waals surface area contributed by atoms with Crippen LogP contribution in [-0.4, -0.2) is 79.9 Å². The van der Waals surface area contributed by atoms with Crippen LogP contribution in [0.3, 0.4) is 0 Å². The zero-order chi connectivity index (χ0) is 19.9. The molecule has 1 aromatic carbocycles. The van der Waals surface area contributed by atoms with Crippen LogP contribution >= 0.6 is 11.8 Å². The van der Waals surface area contributed by atoms with Crippen molar-refractivity contribution in [2.75, 3.05) is 44.9 Å². The molecule has 2 saturated heterocycles. The minimum atomic E-state index is -0.171. The van der Waals surface area contributed by atoms with Crippen LogP contribution in [0.4, 0.5) is 0 Å². The van der Waals surface area contributed by atoms with Crippen molar-refractivity contribution < 1.29 is 23.8 Å². The second kappa shape index (κ2) is 10.1. The number of fused-ring (bicyclic) bond motifs is 1. The van der Waals surface area contributed by atoms with Gasteiger partial charge in [0.25, 0.3) is 5.91 Å². The zero-order valence-corrected chi connectivity index (χ0v) is 17.2. The fraction of sp³-hybridized carbons (Fsp3) is 0.600. The molecule has 2 aliphatic rings. The topological polar surface area (TPSA) is 77.1 Å². The summed E-state index contributed by atoms with van der Waals surface area (Å²) in [7, 11) is 0. The number of hydrogen-bond acceptors (Lipinski definition) is 6. The molecule has 3 rings (SSSR count). The normalized spacial score (nSPS) is 22.4. The van der Waals surface area contributed by atoms with Crippen LogP contribution in [-0.2, 0) is 19.1 Å². The van der Waals surface area contributed by atoms with E-state index in [1.54, 1.807) is 16.7 Å². The van der Waals surface area contributed by atoms with Crippen molar-refractivity contribution in [1.29, 1.82) is 0 Å². The number of para-hydroxylation sites is 1. The van der Waals surface area contributed by atoms with E-state index in [0.717, 1.165) is 17.1 Å². The molecule has 7 nitrogen and oxygen atoms in total. The Labute approximate surface area is 170 Å². The lowest BCUT2D eigenvalue weighted by atomic mass is 10.2. The van der Waals surface area contributed by atoms with Gasteiger partial charge in [-0.25, -0.2) is 0 Å². The number of rotatable bonds is 7. The third-order valence-electron chi connectivity index (χ3n) is 4.93. The molecule has 0 radical (unpaired) electrons. The smallest absolute Gasteiger partial charge is 0.260 e. The highest BCUT2D eigenvalue weighted by Crippen LogP contribution is 2.21. The zero-order valence-electron chi connectivity index (χ0n) is 16.4. The monoisotopic (exact) mass is 408 g/mol. The van der Waals surface area contributed by atoms with Crippen molar-refractivity contribution in [3.63, 3.8) is 0 Å². The summed E-state index contributed by atoms with van der Waals surface area (Å²) < 4.78 is 17.5. The number of likely N-dealkylation sites (tertiary alicyclic amines) is 1. The molecule has 1 aromatic rings. The lowest BCUT2D eigenvalue weighted by Gasteiger charge is -2.19. The summed E-state index contributed by atoms with van der Waals surface area (Å²) in [5.41, 5.74) is 0.999. The second-order valence-electron chi connectivity index (χ2n) is 7.10. The molecule has 2 amide bonds. The first kappa shape index (κ1) is 21.0. The van der Waals surface area contributed by atoms with Gasteiger partial charge in [0.1, 0.15) is 18.0 Å². The van der Waals surface area contributed by atoms with E-state index in [-0.39, 0.29) is 36.7 Å². The van der Waals surface area contributed by atoms with Crippen LogP contribution in [0.2, 0.25) is 0 Å². The largest absolute Gasteiger partial charge is 0.484 e. The molecule has 8 heteroatoms. The summed E-state index contributed by atoms with van der Waals surface area (Å²) in [6.07, 6.45) is 2.13. The molecule has 2 aliphatic heterocycles. The van der Waals surface area contributed by atoms with Gasteiger partial charge in [0, 0.05) is 25.3 Å². The molecule has 0 unspecified atom stereocenters. The molecular formula is C20H28N2O5S. The Morgan fingerprint density at radius 1 is 1.21 bits per heavy atom. The Balaban J connectivity index is 1.44. The third-order valence-corrected chi connectivity index (χ3v) is 5.55. The average molecular weight is 409 g/mol. The van der Waals surface area contributed by atoms with Crippen molar-refractivity contribution in [3.05, 3.63) is 29.8 Å². The molecule has 0 aliphatic carbocycles. The number of carbonyl (C=O) groups excluding carboxylic acids is 2. The number of ether oxygens (including phenoxy) is 3. The van der Waals surface area contributed by atoms with Gasteiger partial charge >= 0.3 is 0 Å².